The fourth-order valence-corrected chi connectivity index (χ4v) is 9.21. The van der Waals surface area contributed by atoms with Crippen molar-refractivity contribution in [1.29, 1.82) is 0 Å². The van der Waals surface area contributed by atoms with E-state index in [0.717, 1.165) is 31.2 Å². The van der Waals surface area contributed by atoms with Crippen molar-refractivity contribution in [2.24, 2.45) is 22.4 Å². The zero-order valence-electron chi connectivity index (χ0n) is 29.0. The van der Waals surface area contributed by atoms with E-state index in [1.165, 1.54) is 17.4 Å². The van der Waals surface area contributed by atoms with E-state index in [0.29, 0.717) is 30.0 Å². The first-order chi connectivity index (χ1) is 23.6. The molecule has 12 nitrogen and oxygen atoms in total. The van der Waals surface area contributed by atoms with Gasteiger partial charge in [0.15, 0.2) is 5.60 Å². The summed E-state index contributed by atoms with van der Waals surface area (Å²) in [4.78, 5) is 63.3. The molecular formula is C36H48ClN5O7S. The van der Waals surface area contributed by atoms with Gasteiger partial charge in [0.25, 0.3) is 5.91 Å². The second-order valence-corrected chi connectivity index (χ2v) is 18.3. The summed E-state index contributed by atoms with van der Waals surface area (Å²) in [6.45, 7) is 9.38. The minimum Gasteiger partial charge on any atom is -0.387 e. The molecule has 0 aromatic heterocycles. The third kappa shape index (κ3) is 7.58. The molecule has 14 heteroatoms. The van der Waals surface area contributed by atoms with E-state index in [9.17, 15) is 27.6 Å². The third-order valence-corrected chi connectivity index (χ3v) is 12.9. The molecule has 3 N–H and O–H groups in total. The molecule has 3 aliphatic carbocycles. The average Bonchev–Trinajstić information content (AvgIpc) is 3.97. The molecule has 1 saturated heterocycles. The first-order valence-electron chi connectivity index (χ1n) is 17.7. The zero-order chi connectivity index (χ0) is 36.1. The number of hydrogen-bond acceptors (Lipinski definition) is 8. The number of oxime groups is 1. The lowest BCUT2D eigenvalue weighted by molar-refractivity contribution is -0.145. The molecule has 0 radical (unpaired) electrons. The highest BCUT2D eigenvalue weighted by Gasteiger charge is 2.63. The van der Waals surface area contributed by atoms with Crippen LogP contribution in [0.3, 0.4) is 0 Å². The van der Waals surface area contributed by atoms with Crippen molar-refractivity contribution in [3.63, 3.8) is 0 Å². The van der Waals surface area contributed by atoms with E-state index in [4.69, 9.17) is 16.4 Å². The third-order valence-electron chi connectivity index (χ3n) is 10.8. The molecule has 1 aromatic rings. The zero-order valence-corrected chi connectivity index (χ0v) is 30.6. The molecule has 3 saturated carbocycles. The van der Waals surface area contributed by atoms with Crippen molar-refractivity contribution < 1.29 is 32.4 Å². The summed E-state index contributed by atoms with van der Waals surface area (Å²) in [7, 11) is -3.88. The molecular weight excluding hydrogens is 682 g/mol. The highest BCUT2D eigenvalue weighted by atomic mass is 35.5. The van der Waals surface area contributed by atoms with Gasteiger partial charge in [-0.15, -0.1) is 6.58 Å². The van der Waals surface area contributed by atoms with E-state index in [2.05, 4.69) is 27.1 Å². The van der Waals surface area contributed by atoms with Crippen LogP contribution in [0.15, 0.2) is 42.1 Å². The van der Waals surface area contributed by atoms with Gasteiger partial charge in [-0.05, 0) is 55.6 Å². The first kappa shape index (κ1) is 36.3. The van der Waals surface area contributed by atoms with Gasteiger partial charge in [0, 0.05) is 35.8 Å². The fraction of sp³-hybridized carbons (Fsp3) is 0.639. The van der Waals surface area contributed by atoms with E-state index in [1.807, 2.05) is 26.8 Å². The van der Waals surface area contributed by atoms with Crippen LogP contribution in [0.25, 0.3) is 0 Å². The van der Waals surface area contributed by atoms with Gasteiger partial charge in [0.05, 0.1) is 17.5 Å². The number of nitrogens with one attached hydrogen (secondary N) is 3. The summed E-state index contributed by atoms with van der Waals surface area (Å²) in [6, 6.07) is 5.11. The van der Waals surface area contributed by atoms with Crippen LogP contribution in [-0.4, -0.2) is 77.7 Å². The van der Waals surface area contributed by atoms with Crippen LogP contribution in [0.2, 0.25) is 5.02 Å². The summed E-state index contributed by atoms with van der Waals surface area (Å²) < 4.78 is 27.5. The maximum Gasteiger partial charge on any atom is 0.259 e. The van der Waals surface area contributed by atoms with E-state index >= 15 is 0 Å². The van der Waals surface area contributed by atoms with Crippen molar-refractivity contribution in [3.8, 4) is 0 Å². The molecule has 272 valence electrons. The van der Waals surface area contributed by atoms with Crippen LogP contribution in [0.1, 0.15) is 97.0 Å². The molecule has 2 heterocycles. The quantitative estimate of drug-likeness (QED) is 0.290. The molecule has 5 aliphatic rings. The smallest absolute Gasteiger partial charge is 0.259 e. The Hall–Kier alpha value is -3.45. The molecule has 0 bridgehead atoms. The predicted molar refractivity (Wildman–Crippen MR) is 188 cm³/mol. The van der Waals surface area contributed by atoms with Crippen LogP contribution in [-0.2, 0) is 34.0 Å². The Bertz CT molecular complexity index is 1700. The van der Waals surface area contributed by atoms with Crippen LogP contribution >= 0.6 is 11.6 Å². The maximum absolute atomic E-state index is 14.6. The molecule has 6 rings (SSSR count). The van der Waals surface area contributed by atoms with E-state index < -0.39 is 67.6 Å². The van der Waals surface area contributed by atoms with Gasteiger partial charge in [0.2, 0.25) is 27.7 Å². The normalized spacial score (nSPS) is 28.7. The monoisotopic (exact) mass is 729 g/mol. The van der Waals surface area contributed by atoms with Gasteiger partial charge < -0.3 is 20.4 Å². The lowest BCUT2D eigenvalue weighted by atomic mass is 9.84. The van der Waals surface area contributed by atoms with Crippen molar-refractivity contribution in [2.45, 2.75) is 120 Å². The Morgan fingerprint density at radius 1 is 1.12 bits per heavy atom. The molecule has 4 amide bonds. The molecule has 5 atom stereocenters. The standard InChI is InChI=1S/C36H48ClN5O7S/c1-5-24-18-36(24,33(46)41-50(47,48)26-14-15-26)39-31(44)28-20-35(19-27(40-49-35)23-12-9-13-25(37)17-23)21-42(28)32(45)30(34(2,3)4)38-29(43)16-22-10-7-6-8-11-22/h5,9,12-13,17,22,24,26,28,30H,1,6-8,10-11,14-16,18-21H2,2-4H3,(H,38,43)(H,39,44)(H,41,46)/t24-,28+,30-,35-,36-/m1/s1. The van der Waals surface area contributed by atoms with Gasteiger partial charge >= 0.3 is 0 Å². The SMILES string of the molecule is C=C[C@@H]1C[C@]1(NC(=O)[C@@H]1C[C@]2(CC(c3cccc(Cl)c3)=NO2)CN1C(=O)[C@@H](NC(=O)CC1CCCCC1)C(C)(C)C)C(=O)NS(=O)(=O)C1CC1. The number of hydrogen-bond donors (Lipinski definition) is 3. The summed E-state index contributed by atoms with van der Waals surface area (Å²) in [6.07, 6.45) is 8.61. The lowest BCUT2D eigenvalue weighted by Gasteiger charge is -2.36. The Balaban J connectivity index is 1.26. The molecule has 4 fully saturated rings. The Kier molecular flexibility index (Phi) is 9.88. The fourth-order valence-electron chi connectivity index (χ4n) is 7.66. The van der Waals surface area contributed by atoms with E-state index in [1.54, 1.807) is 18.2 Å². The van der Waals surface area contributed by atoms with Gasteiger partial charge in [-0.25, -0.2) is 8.42 Å². The molecule has 50 heavy (non-hydrogen) atoms. The van der Waals surface area contributed by atoms with Crippen molar-refractivity contribution in [3.05, 3.63) is 47.5 Å². The molecule has 1 aromatic carbocycles. The summed E-state index contributed by atoms with van der Waals surface area (Å²) >= 11 is 6.25. The lowest BCUT2D eigenvalue weighted by Crippen LogP contribution is -2.60. The van der Waals surface area contributed by atoms with Crippen molar-refractivity contribution in [1.82, 2.24) is 20.3 Å². The summed E-state index contributed by atoms with van der Waals surface area (Å²) in [5.74, 6) is -2.33. The van der Waals surface area contributed by atoms with Crippen LogP contribution in [0.4, 0.5) is 0 Å². The van der Waals surface area contributed by atoms with Gasteiger partial charge in [-0.2, -0.15) is 0 Å². The Labute approximate surface area is 299 Å². The average molecular weight is 730 g/mol. The largest absolute Gasteiger partial charge is 0.387 e. The summed E-state index contributed by atoms with van der Waals surface area (Å²) in [5, 5.41) is 10.1. The van der Waals surface area contributed by atoms with Crippen LogP contribution in [0, 0.1) is 17.3 Å². The number of benzene rings is 1. The minimum atomic E-state index is -3.88. The van der Waals surface area contributed by atoms with Crippen LogP contribution < -0.4 is 15.4 Å². The van der Waals surface area contributed by atoms with Crippen molar-refractivity contribution in [2.75, 3.05) is 6.54 Å². The Morgan fingerprint density at radius 2 is 1.84 bits per heavy atom. The number of nitrogens with zero attached hydrogens (tertiary/aromatic N) is 2. The predicted octanol–water partition coefficient (Wildman–Crippen LogP) is 3.97. The number of likely N-dealkylation sites (tertiary alicyclic amines) is 1. The van der Waals surface area contributed by atoms with Crippen LogP contribution in [0.5, 0.6) is 0 Å². The highest BCUT2D eigenvalue weighted by molar-refractivity contribution is 7.91. The maximum atomic E-state index is 14.6. The molecule has 2 aliphatic heterocycles. The minimum absolute atomic E-state index is 0.00268. The van der Waals surface area contributed by atoms with E-state index in [-0.39, 0.29) is 37.6 Å². The topological polar surface area (TPSA) is 163 Å². The number of sulfonamides is 1. The number of amides is 4. The molecule has 1 spiro atoms. The van der Waals surface area contributed by atoms with Gasteiger partial charge in [-0.1, -0.05) is 75.0 Å². The number of rotatable bonds is 11. The number of carbonyl (C=O) groups is 4. The highest BCUT2D eigenvalue weighted by Crippen LogP contribution is 2.46. The van der Waals surface area contributed by atoms with Gasteiger partial charge in [0.1, 0.15) is 17.6 Å². The Morgan fingerprint density at radius 3 is 2.46 bits per heavy atom. The second kappa shape index (κ2) is 13.6. The molecule has 0 unspecified atom stereocenters. The first-order valence-corrected chi connectivity index (χ1v) is 19.6. The number of halogens is 1. The second-order valence-electron chi connectivity index (χ2n) is 15.9. The summed E-state index contributed by atoms with van der Waals surface area (Å²) in [5.41, 5.74) is -1.93. The van der Waals surface area contributed by atoms with Crippen molar-refractivity contribution >= 4 is 51.0 Å². The van der Waals surface area contributed by atoms with Gasteiger partial charge in [-0.3, -0.25) is 23.9 Å². The number of carbonyl (C=O) groups excluding carboxylic acids is 4.